The molecule has 1 atom stereocenters. The first kappa shape index (κ1) is 14.0. The minimum absolute atomic E-state index is 0.0372. The van der Waals surface area contributed by atoms with E-state index in [1.54, 1.807) is 4.90 Å². The van der Waals surface area contributed by atoms with Crippen LogP contribution in [0.15, 0.2) is 29.6 Å². The Morgan fingerprint density at radius 1 is 1.48 bits per heavy atom. The summed E-state index contributed by atoms with van der Waals surface area (Å²) in [6, 6.07) is 7.71. The van der Waals surface area contributed by atoms with Crippen molar-refractivity contribution in [2.24, 2.45) is 0 Å². The number of aromatic nitrogens is 1. The lowest BCUT2D eigenvalue weighted by atomic mass is 9.97. The number of aliphatic hydroxyl groups is 1. The van der Waals surface area contributed by atoms with Crippen LogP contribution in [0.1, 0.15) is 29.3 Å². The van der Waals surface area contributed by atoms with Crippen LogP contribution >= 0.6 is 11.3 Å². The van der Waals surface area contributed by atoms with E-state index in [4.69, 9.17) is 5.73 Å². The minimum Gasteiger partial charge on any atom is -0.387 e. The highest BCUT2D eigenvalue weighted by Crippen LogP contribution is 2.26. The molecule has 6 heteroatoms. The van der Waals surface area contributed by atoms with E-state index in [0.29, 0.717) is 31.1 Å². The first-order chi connectivity index (χ1) is 10.1. The predicted octanol–water partition coefficient (Wildman–Crippen LogP) is 1.73. The SMILES string of the molecule is Nc1nc(CCC(=O)N2Cc3ccccc3C(O)C2)cs1. The molecule has 0 spiro atoms. The van der Waals surface area contributed by atoms with E-state index in [-0.39, 0.29) is 5.91 Å². The number of carbonyl (C=O) groups excluding carboxylic acids is 1. The van der Waals surface area contributed by atoms with E-state index in [0.717, 1.165) is 16.8 Å². The van der Waals surface area contributed by atoms with Crippen LogP contribution < -0.4 is 5.73 Å². The fourth-order valence-electron chi connectivity index (χ4n) is 2.60. The maximum Gasteiger partial charge on any atom is 0.223 e. The number of rotatable bonds is 3. The van der Waals surface area contributed by atoms with Crippen molar-refractivity contribution in [2.45, 2.75) is 25.5 Å². The number of amides is 1. The lowest BCUT2D eigenvalue weighted by Gasteiger charge is -2.32. The molecule has 3 N–H and O–H groups in total. The molecule has 1 aliphatic heterocycles. The van der Waals surface area contributed by atoms with Gasteiger partial charge in [-0.05, 0) is 17.5 Å². The summed E-state index contributed by atoms with van der Waals surface area (Å²) in [5, 5.41) is 12.6. The molecule has 1 amide bonds. The molecule has 1 aromatic carbocycles. The van der Waals surface area contributed by atoms with Crippen LogP contribution in [0, 0.1) is 0 Å². The summed E-state index contributed by atoms with van der Waals surface area (Å²) in [4.78, 5) is 18.2. The Balaban J connectivity index is 1.64. The molecule has 0 saturated carbocycles. The lowest BCUT2D eigenvalue weighted by Crippen LogP contribution is -2.38. The van der Waals surface area contributed by atoms with Crippen molar-refractivity contribution in [3.8, 4) is 0 Å². The summed E-state index contributed by atoms with van der Waals surface area (Å²) in [5.74, 6) is 0.0372. The highest BCUT2D eigenvalue weighted by atomic mass is 32.1. The largest absolute Gasteiger partial charge is 0.387 e. The number of benzene rings is 1. The van der Waals surface area contributed by atoms with E-state index in [9.17, 15) is 9.90 Å². The molecule has 21 heavy (non-hydrogen) atoms. The highest BCUT2D eigenvalue weighted by Gasteiger charge is 2.26. The first-order valence-corrected chi connectivity index (χ1v) is 7.75. The van der Waals surface area contributed by atoms with Crippen LogP contribution in [0.3, 0.4) is 0 Å². The number of anilines is 1. The smallest absolute Gasteiger partial charge is 0.223 e. The van der Waals surface area contributed by atoms with Gasteiger partial charge in [-0.2, -0.15) is 0 Å². The molecular weight excluding hydrogens is 286 g/mol. The lowest BCUT2D eigenvalue weighted by molar-refractivity contribution is -0.134. The topological polar surface area (TPSA) is 79.5 Å². The van der Waals surface area contributed by atoms with Gasteiger partial charge < -0.3 is 15.7 Å². The van der Waals surface area contributed by atoms with E-state index >= 15 is 0 Å². The van der Waals surface area contributed by atoms with Gasteiger partial charge in [-0.3, -0.25) is 4.79 Å². The van der Waals surface area contributed by atoms with E-state index in [1.165, 1.54) is 11.3 Å². The van der Waals surface area contributed by atoms with Gasteiger partial charge in [0.1, 0.15) is 0 Å². The van der Waals surface area contributed by atoms with Crippen LogP contribution in [0.4, 0.5) is 5.13 Å². The van der Waals surface area contributed by atoms with Gasteiger partial charge in [0.05, 0.1) is 18.3 Å². The van der Waals surface area contributed by atoms with E-state index in [1.807, 2.05) is 29.6 Å². The summed E-state index contributed by atoms with van der Waals surface area (Å²) in [5.41, 5.74) is 8.37. The monoisotopic (exact) mass is 303 g/mol. The molecular formula is C15H17N3O2S. The molecule has 0 radical (unpaired) electrons. The van der Waals surface area contributed by atoms with Crippen LogP contribution in [0.5, 0.6) is 0 Å². The van der Waals surface area contributed by atoms with Crippen LogP contribution in [0.25, 0.3) is 0 Å². The molecule has 0 fully saturated rings. The average molecular weight is 303 g/mol. The predicted molar refractivity (Wildman–Crippen MR) is 81.7 cm³/mol. The molecule has 2 aromatic rings. The zero-order chi connectivity index (χ0) is 14.8. The summed E-state index contributed by atoms with van der Waals surface area (Å²) < 4.78 is 0. The third-order valence-corrected chi connectivity index (χ3v) is 4.41. The summed E-state index contributed by atoms with van der Waals surface area (Å²) >= 11 is 1.38. The van der Waals surface area contributed by atoms with Gasteiger partial charge in [0, 0.05) is 18.3 Å². The van der Waals surface area contributed by atoms with Crippen LogP contribution in [0.2, 0.25) is 0 Å². The Kier molecular flexibility index (Phi) is 3.90. The molecule has 0 bridgehead atoms. The van der Waals surface area contributed by atoms with Crippen molar-refractivity contribution < 1.29 is 9.90 Å². The Bertz CT molecular complexity index is 656. The Morgan fingerprint density at radius 3 is 3.05 bits per heavy atom. The Labute approximate surface area is 127 Å². The molecule has 5 nitrogen and oxygen atoms in total. The van der Waals surface area contributed by atoms with Crippen molar-refractivity contribution in [1.29, 1.82) is 0 Å². The molecule has 1 aliphatic rings. The summed E-state index contributed by atoms with van der Waals surface area (Å²) in [6.07, 6.45) is 0.368. The Morgan fingerprint density at radius 2 is 2.29 bits per heavy atom. The van der Waals surface area contributed by atoms with Gasteiger partial charge >= 0.3 is 0 Å². The molecule has 0 aliphatic carbocycles. The number of thiazole rings is 1. The summed E-state index contributed by atoms with van der Waals surface area (Å²) in [7, 11) is 0. The number of β-amino-alcohol motifs (C(OH)–C–C–N with tert-alkyl or cyclic N) is 1. The molecule has 0 saturated heterocycles. The fraction of sp³-hybridized carbons (Fsp3) is 0.333. The maximum atomic E-state index is 12.3. The van der Waals surface area contributed by atoms with Crippen molar-refractivity contribution >= 4 is 22.4 Å². The summed E-state index contributed by atoms with van der Waals surface area (Å²) in [6.45, 7) is 0.917. The quantitative estimate of drug-likeness (QED) is 0.905. The normalized spacial score (nSPS) is 17.6. The second-order valence-electron chi connectivity index (χ2n) is 5.17. The second kappa shape index (κ2) is 5.83. The van der Waals surface area contributed by atoms with Gasteiger partial charge in [0.25, 0.3) is 0 Å². The van der Waals surface area contributed by atoms with Gasteiger partial charge in [0.15, 0.2) is 5.13 Å². The number of nitrogen functional groups attached to an aromatic ring is 1. The van der Waals surface area contributed by atoms with Crippen molar-refractivity contribution in [1.82, 2.24) is 9.88 Å². The number of nitrogens with two attached hydrogens (primary N) is 1. The number of hydrogen-bond acceptors (Lipinski definition) is 5. The Hall–Kier alpha value is -1.92. The third-order valence-electron chi connectivity index (χ3n) is 3.69. The third kappa shape index (κ3) is 3.06. The number of aliphatic hydroxyl groups excluding tert-OH is 1. The van der Waals surface area contributed by atoms with Gasteiger partial charge in [0.2, 0.25) is 5.91 Å². The number of nitrogens with zero attached hydrogens (tertiary/aromatic N) is 2. The van der Waals surface area contributed by atoms with Gasteiger partial charge in [-0.1, -0.05) is 24.3 Å². The maximum absolute atomic E-state index is 12.3. The molecule has 110 valence electrons. The minimum atomic E-state index is -0.603. The molecule has 2 heterocycles. The number of hydrogen-bond donors (Lipinski definition) is 2. The zero-order valence-corrected chi connectivity index (χ0v) is 12.3. The standard InChI is InChI=1S/C15H17N3O2S/c16-15-17-11(9-21-15)5-6-14(20)18-7-10-3-1-2-4-12(10)13(19)8-18/h1-4,9,13,19H,5-8H2,(H2,16,17). The van der Waals surface area contributed by atoms with Gasteiger partial charge in [-0.25, -0.2) is 4.98 Å². The van der Waals surface area contributed by atoms with Crippen LogP contribution in [-0.4, -0.2) is 27.4 Å². The number of fused-ring (bicyclic) bond motifs is 1. The molecule has 3 rings (SSSR count). The molecule has 1 aromatic heterocycles. The first-order valence-electron chi connectivity index (χ1n) is 6.87. The number of carbonyl (C=O) groups is 1. The molecule has 1 unspecified atom stereocenters. The van der Waals surface area contributed by atoms with Crippen molar-refractivity contribution in [2.75, 3.05) is 12.3 Å². The van der Waals surface area contributed by atoms with E-state index < -0.39 is 6.10 Å². The van der Waals surface area contributed by atoms with Crippen LogP contribution in [-0.2, 0) is 17.8 Å². The number of aryl methyl sites for hydroxylation is 1. The zero-order valence-electron chi connectivity index (χ0n) is 11.5. The second-order valence-corrected chi connectivity index (χ2v) is 6.06. The average Bonchev–Trinajstić information content (AvgIpc) is 2.90. The van der Waals surface area contributed by atoms with E-state index in [2.05, 4.69) is 4.98 Å². The van der Waals surface area contributed by atoms with Gasteiger partial charge in [-0.15, -0.1) is 11.3 Å². The highest BCUT2D eigenvalue weighted by molar-refractivity contribution is 7.13. The van der Waals surface area contributed by atoms with Crippen molar-refractivity contribution in [3.05, 3.63) is 46.5 Å². The fourth-order valence-corrected chi connectivity index (χ4v) is 3.20. The van der Waals surface area contributed by atoms with Crippen molar-refractivity contribution in [3.63, 3.8) is 0 Å².